The molecule has 0 radical (unpaired) electrons. The van der Waals surface area contributed by atoms with Crippen molar-refractivity contribution >= 4 is 35.8 Å². The molecule has 25 heavy (non-hydrogen) atoms. The van der Waals surface area contributed by atoms with E-state index >= 15 is 0 Å². The fourth-order valence-corrected chi connectivity index (χ4v) is 2.83. The maximum Gasteiger partial charge on any atom is 0.223 e. The number of nitrogens with zero attached hydrogens (tertiary/aromatic N) is 4. The van der Waals surface area contributed by atoms with Crippen LogP contribution >= 0.6 is 24.0 Å². The smallest absolute Gasteiger partial charge is 0.223 e. The molecule has 1 aromatic heterocycles. The average molecular weight is 461 g/mol. The summed E-state index contributed by atoms with van der Waals surface area (Å²) in [6.45, 7) is 5.59. The lowest BCUT2D eigenvalue weighted by Crippen LogP contribution is -2.41. The highest BCUT2D eigenvalue weighted by atomic mass is 127. The van der Waals surface area contributed by atoms with Crippen molar-refractivity contribution < 1.29 is 4.79 Å². The van der Waals surface area contributed by atoms with Gasteiger partial charge in [-0.3, -0.25) is 4.79 Å². The van der Waals surface area contributed by atoms with E-state index in [4.69, 9.17) is 0 Å². The highest BCUT2D eigenvalue weighted by Gasteiger charge is 2.28. The van der Waals surface area contributed by atoms with Gasteiger partial charge in [0, 0.05) is 38.5 Å². The molecular formula is C16H28IN7O. The van der Waals surface area contributed by atoms with E-state index < -0.39 is 0 Å². The van der Waals surface area contributed by atoms with Gasteiger partial charge in [0.25, 0.3) is 0 Å². The van der Waals surface area contributed by atoms with Crippen LogP contribution in [-0.2, 0) is 24.3 Å². The second-order valence-corrected chi connectivity index (χ2v) is 6.33. The number of aromatic nitrogens is 3. The van der Waals surface area contributed by atoms with E-state index in [-0.39, 0.29) is 35.8 Å². The van der Waals surface area contributed by atoms with Gasteiger partial charge >= 0.3 is 0 Å². The Labute approximate surface area is 165 Å². The Balaban J connectivity index is 0.00000225. The maximum atomic E-state index is 11.6. The molecule has 0 aromatic carbocycles. The fraction of sp³-hybridized carbons (Fsp3) is 0.750. The van der Waals surface area contributed by atoms with Crippen molar-refractivity contribution in [2.24, 2.45) is 10.9 Å². The molecular weight excluding hydrogens is 433 g/mol. The molecule has 1 aliphatic carbocycles. The van der Waals surface area contributed by atoms with Crippen LogP contribution in [0.15, 0.2) is 4.99 Å². The Bertz CT molecular complexity index is 597. The minimum absolute atomic E-state index is 0. The van der Waals surface area contributed by atoms with Crippen LogP contribution in [0.2, 0.25) is 0 Å². The Hall–Kier alpha value is -1.39. The minimum atomic E-state index is 0. The van der Waals surface area contributed by atoms with Crippen molar-refractivity contribution in [2.45, 2.75) is 52.1 Å². The molecule has 9 heteroatoms. The molecule has 1 aliphatic heterocycles. The summed E-state index contributed by atoms with van der Waals surface area (Å²) in [5, 5.41) is 17.9. The van der Waals surface area contributed by atoms with E-state index in [1.54, 1.807) is 0 Å². The van der Waals surface area contributed by atoms with Crippen LogP contribution in [-0.4, -0.2) is 46.3 Å². The Morgan fingerprint density at radius 3 is 2.76 bits per heavy atom. The topological polar surface area (TPSA) is 96.2 Å². The second-order valence-electron chi connectivity index (χ2n) is 6.33. The lowest BCUT2D eigenvalue weighted by atomic mass is 10.2. The first-order chi connectivity index (χ1) is 11.8. The van der Waals surface area contributed by atoms with Crippen LogP contribution in [0.1, 0.15) is 44.3 Å². The van der Waals surface area contributed by atoms with Crippen LogP contribution in [0.25, 0.3) is 0 Å². The van der Waals surface area contributed by atoms with E-state index in [0.717, 1.165) is 50.0 Å². The molecule has 0 saturated heterocycles. The number of carbonyl (C=O) groups excluding carboxylic acids is 1. The number of halogens is 1. The molecule has 8 nitrogen and oxygen atoms in total. The number of carbonyl (C=O) groups is 1. The third-order valence-corrected chi connectivity index (χ3v) is 4.32. The Morgan fingerprint density at radius 2 is 2.00 bits per heavy atom. The predicted molar refractivity (Wildman–Crippen MR) is 107 cm³/mol. The van der Waals surface area contributed by atoms with Crippen LogP contribution in [0, 0.1) is 5.92 Å². The van der Waals surface area contributed by atoms with Crippen molar-refractivity contribution in [3.63, 3.8) is 0 Å². The van der Waals surface area contributed by atoms with E-state index in [2.05, 4.69) is 35.7 Å². The first-order valence-corrected chi connectivity index (χ1v) is 8.98. The summed E-state index contributed by atoms with van der Waals surface area (Å²) in [6.07, 6.45) is 5.45. The molecule has 0 bridgehead atoms. The lowest BCUT2D eigenvalue weighted by Gasteiger charge is -2.15. The number of aliphatic imine (C=N–C) groups is 1. The SMILES string of the molecule is CCNC(=NCc1nnc2n1CCCC2)NCCNC(=O)C1CC1.I. The zero-order valence-corrected chi connectivity index (χ0v) is 17.1. The Kier molecular flexibility index (Phi) is 7.91. The molecule has 3 N–H and O–H groups in total. The molecule has 140 valence electrons. The number of nitrogens with one attached hydrogen (secondary N) is 3. The molecule has 2 heterocycles. The maximum absolute atomic E-state index is 11.6. The zero-order valence-electron chi connectivity index (χ0n) is 14.8. The molecule has 1 fully saturated rings. The molecule has 1 saturated carbocycles. The summed E-state index contributed by atoms with van der Waals surface area (Å²) in [5.41, 5.74) is 0. The van der Waals surface area contributed by atoms with E-state index in [9.17, 15) is 4.79 Å². The predicted octanol–water partition coefficient (Wildman–Crippen LogP) is 0.814. The van der Waals surface area contributed by atoms with Gasteiger partial charge in [0.2, 0.25) is 5.91 Å². The number of hydrogen-bond donors (Lipinski definition) is 3. The Morgan fingerprint density at radius 1 is 1.20 bits per heavy atom. The summed E-state index contributed by atoms with van der Waals surface area (Å²) in [5.74, 6) is 3.17. The molecule has 0 atom stereocenters. The number of hydrogen-bond acceptors (Lipinski definition) is 4. The van der Waals surface area contributed by atoms with Crippen LogP contribution in [0.4, 0.5) is 0 Å². The van der Waals surface area contributed by atoms with Crippen LogP contribution in [0.5, 0.6) is 0 Å². The highest BCUT2D eigenvalue weighted by Crippen LogP contribution is 2.28. The number of aryl methyl sites for hydroxylation is 1. The minimum Gasteiger partial charge on any atom is -0.357 e. The first-order valence-electron chi connectivity index (χ1n) is 8.98. The van der Waals surface area contributed by atoms with Gasteiger partial charge in [-0.2, -0.15) is 0 Å². The quantitative estimate of drug-likeness (QED) is 0.242. The summed E-state index contributed by atoms with van der Waals surface area (Å²) in [6, 6.07) is 0. The molecule has 2 aliphatic rings. The van der Waals surface area contributed by atoms with Gasteiger partial charge in [0.05, 0.1) is 0 Å². The third-order valence-electron chi connectivity index (χ3n) is 4.32. The molecule has 3 rings (SSSR count). The number of guanidine groups is 1. The largest absolute Gasteiger partial charge is 0.357 e. The van der Waals surface area contributed by atoms with Crippen molar-refractivity contribution in [1.82, 2.24) is 30.7 Å². The number of rotatable bonds is 7. The lowest BCUT2D eigenvalue weighted by molar-refractivity contribution is -0.122. The van der Waals surface area contributed by atoms with Gasteiger partial charge in [0.1, 0.15) is 12.4 Å². The van der Waals surface area contributed by atoms with Crippen molar-refractivity contribution in [3.8, 4) is 0 Å². The van der Waals surface area contributed by atoms with Gasteiger partial charge < -0.3 is 20.5 Å². The number of fused-ring (bicyclic) bond motifs is 1. The summed E-state index contributed by atoms with van der Waals surface area (Å²) < 4.78 is 2.19. The summed E-state index contributed by atoms with van der Waals surface area (Å²) >= 11 is 0. The van der Waals surface area contributed by atoms with E-state index in [1.807, 2.05) is 6.92 Å². The summed E-state index contributed by atoms with van der Waals surface area (Å²) in [4.78, 5) is 16.2. The standard InChI is InChI=1S/C16H27N7O.HI/c1-2-17-16(19-9-8-18-15(24)12-6-7-12)20-11-14-22-21-13-5-3-4-10-23(13)14;/h12H,2-11H2,1H3,(H,18,24)(H2,17,19,20);1H. The van der Waals surface area contributed by atoms with Gasteiger partial charge in [-0.05, 0) is 32.6 Å². The second kappa shape index (κ2) is 9.93. The van der Waals surface area contributed by atoms with Crippen LogP contribution in [0.3, 0.4) is 0 Å². The monoisotopic (exact) mass is 461 g/mol. The third kappa shape index (κ3) is 5.82. The van der Waals surface area contributed by atoms with Gasteiger partial charge in [-0.1, -0.05) is 0 Å². The average Bonchev–Trinajstić information content (AvgIpc) is 3.37. The van der Waals surface area contributed by atoms with Gasteiger partial charge in [-0.25, -0.2) is 4.99 Å². The first kappa shape index (κ1) is 19.9. The number of amides is 1. The van der Waals surface area contributed by atoms with Crippen molar-refractivity contribution in [3.05, 3.63) is 11.6 Å². The van der Waals surface area contributed by atoms with E-state index in [0.29, 0.717) is 19.6 Å². The van der Waals surface area contributed by atoms with Crippen molar-refractivity contribution in [2.75, 3.05) is 19.6 Å². The highest BCUT2D eigenvalue weighted by molar-refractivity contribution is 14.0. The van der Waals surface area contributed by atoms with Crippen molar-refractivity contribution in [1.29, 1.82) is 0 Å². The van der Waals surface area contributed by atoms with Crippen LogP contribution < -0.4 is 16.0 Å². The molecule has 1 amide bonds. The van der Waals surface area contributed by atoms with E-state index in [1.165, 1.54) is 12.8 Å². The fourth-order valence-electron chi connectivity index (χ4n) is 2.83. The van der Waals surface area contributed by atoms with Gasteiger partial charge in [0.15, 0.2) is 11.8 Å². The van der Waals surface area contributed by atoms with Gasteiger partial charge in [-0.15, -0.1) is 34.2 Å². The normalized spacial score (nSPS) is 16.6. The molecule has 1 aromatic rings. The molecule has 0 unspecified atom stereocenters. The summed E-state index contributed by atoms with van der Waals surface area (Å²) in [7, 11) is 0. The molecule has 0 spiro atoms. The zero-order chi connectivity index (χ0) is 16.8.